The van der Waals surface area contributed by atoms with Crippen LogP contribution in [0.3, 0.4) is 0 Å². The van der Waals surface area contributed by atoms with E-state index in [-0.39, 0.29) is 16.9 Å². The van der Waals surface area contributed by atoms with Gasteiger partial charge in [0.05, 0.1) is 12.2 Å². The molecular weight excluding hydrogens is 410 g/mol. The molecule has 0 fully saturated rings. The molecule has 0 aliphatic rings. The van der Waals surface area contributed by atoms with Gasteiger partial charge < -0.3 is 15.4 Å². The maximum Gasteiger partial charge on any atom is 0.261 e. The molecule has 166 valence electrons. The van der Waals surface area contributed by atoms with E-state index in [1.807, 2.05) is 19.9 Å². The Bertz CT molecular complexity index is 882. The molecule has 0 aliphatic carbocycles. The normalized spacial score (nSPS) is 10.5. The molecule has 6 nitrogen and oxygen atoms in total. The van der Waals surface area contributed by atoms with Crippen LogP contribution in [0.4, 0.5) is 11.4 Å². The summed E-state index contributed by atoms with van der Waals surface area (Å²) >= 11 is 5.27. The maximum atomic E-state index is 12.7. The lowest BCUT2D eigenvalue weighted by atomic mass is 10.1. The van der Waals surface area contributed by atoms with Gasteiger partial charge in [0.2, 0.25) is 5.91 Å². The van der Waals surface area contributed by atoms with Crippen LogP contribution in [0.25, 0.3) is 0 Å². The number of unbranched alkanes of at least 4 members (excludes halogenated alkanes) is 2. The Kier molecular flexibility index (Phi) is 9.97. The van der Waals surface area contributed by atoms with Gasteiger partial charge >= 0.3 is 0 Å². The summed E-state index contributed by atoms with van der Waals surface area (Å²) in [7, 11) is 0. The van der Waals surface area contributed by atoms with Crippen molar-refractivity contribution in [1.82, 2.24) is 5.32 Å². The summed E-state index contributed by atoms with van der Waals surface area (Å²) in [6.07, 6.45) is 3.61. The number of ether oxygens (including phenoxy) is 1. The van der Waals surface area contributed by atoms with E-state index in [1.165, 1.54) is 0 Å². The molecule has 31 heavy (non-hydrogen) atoms. The highest BCUT2D eigenvalue weighted by atomic mass is 32.1. The van der Waals surface area contributed by atoms with Crippen LogP contribution in [0.5, 0.6) is 5.75 Å². The Morgan fingerprint density at radius 2 is 1.61 bits per heavy atom. The van der Waals surface area contributed by atoms with E-state index < -0.39 is 0 Å². The Hall–Kier alpha value is -2.93. The number of rotatable bonds is 10. The predicted octanol–water partition coefficient (Wildman–Crippen LogP) is 5.37. The predicted molar refractivity (Wildman–Crippen MR) is 130 cm³/mol. The molecule has 2 aromatic carbocycles. The summed E-state index contributed by atoms with van der Waals surface area (Å²) in [6.45, 7) is 6.70. The van der Waals surface area contributed by atoms with E-state index in [0.717, 1.165) is 19.3 Å². The summed E-state index contributed by atoms with van der Waals surface area (Å²) in [4.78, 5) is 24.5. The molecule has 2 aromatic rings. The van der Waals surface area contributed by atoms with Crippen molar-refractivity contribution in [3.63, 3.8) is 0 Å². The van der Waals surface area contributed by atoms with Crippen molar-refractivity contribution in [2.24, 2.45) is 5.92 Å². The molecule has 2 amide bonds. The minimum absolute atomic E-state index is 0.0194. The summed E-state index contributed by atoms with van der Waals surface area (Å²) in [5, 5.41) is 8.71. The molecule has 0 aromatic heterocycles. The quantitative estimate of drug-likeness (QED) is 0.341. The third-order valence-electron chi connectivity index (χ3n) is 4.38. The van der Waals surface area contributed by atoms with Gasteiger partial charge in [-0.3, -0.25) is 14.9 Å². The summed E-state index contributed by atoms with van der Waals surface area (Å²) in [6, 6.07) is 14.3. The monoisotopic (exact) mass is 441 g/mol. The van der Waals surface area contributed by atoms with Gasteiger partial charge in [-0.25, -0.2) is 0 Å². The number of carbonyl (C=O) groups is 2. The van der Waals surface area contributed by atoms with E-state index in [1.54, 1.807) is 42.5 Å². The highest BCUT2D eigenvalue weighted by Crippen LogP contribution is 2.19. The second-order valence-corrected chi connectivity index (χ2v) is 8.09. The Morgan fingerprint density at radius 3 is 2.26 bits per heavy atom. The largest absolute Gasteiger partial charge is 0.493 e. The molecule has 0 heterocycles. The van der Waals surface area contributed by atoms with Gasteiger partial charge in [-0.2, -0.15) is 0 Å². The summed E-state index contributed by atoms with van der Waals surface area (Å²) < 4.78 is 5.77. The van der Waals surface area contributed by atoms with E-state index in [4.69, 9.17) is 17.0 Å². The smallest absolute Gasteiger partial charge is 0.261 e. The van der Waals surface area contributed by atoms with Gasteiger partial charge in [-0.05, 0) is 61.0 Å². The molecule has 3 N–H and O–H groups in total. The van der Waals surface area contributed by atoms with E-state index in [2.05, 4.69) is 22.9 Å². The fourth-order valence-electron chi connectivity index (χ4n) is 2.87. The van der Waals surface area contributed by atoms with Crippen LogP contribution >= 0.6 is 12.2 Å². The van der Waals surface area contributed by atoms with Crippen LogP contribution in [0.2, 0.25) is 0 Å². The van der Waals surface area contributed by atoms with E-state index >= 15 is 0 Å². The SMILES string of the molecule is CCCCCOc1ccccc1C(=O)NC(=S)Nc1ccc(NC(=O)CC(C)C)cc1. The molecule has 7 heteroatoms. The first kappa shape index (κ1) is 24.3. The topological polar surface area (TPSA) is 79.5 Å². The minimum Gasteiger partial charge on any atom is -0.493 e. The maximum absolute atomic E-state index is 12.7. The zero-order valence-electron chi connectivity index (χ0n) is 18.4. The van der Waals surface area contributed by atoms with Gasteiger partial charge in [0.15, 0.2) is 5.11 Å². The lowest BCUT2D eigenvalue weighted by Gasteiger charge is -2.13. The lowest BCUT2D eigenvalue weighted by Crippen LogP contribution is -2.34. The zero-order chi connectivity index (χ0) is 22.6. The van der Waals surface area contributed by atoms with Crippen LogP contribution in [-0.2, 0) is 4.79 Å². The molecule has 0 spiro atoms. The fraction of sp³-hybridized carbons (Fsp3) is 0.375. The molecule has 0 saturated carbocycles. The van der Waals surface area contributed by atoms with Crippen molar-refractivity contribution in [3.05, 3.63) is 54.1 Å². The second-order valence-electron chi connectivity index (χ2n) is 7.68. The Balaban J connectivity index is 1.90. The van der Waals surface area contributed by atoms with Crippen molar-refractivity contribution in [2.75, 3.05) is 17.2 Å². The standard InChI is InChI=1S/C24H31N3O3S/c1-4-5-8-15-30-21-10-7-6-9-20(21)23(29)27-24(31)26-19-13-11-18(12-14-19)25-22(28)16-17(2)3/h6-7,9-14,17H,4-5,8,15-16H2,1-3H3,(H,25,28)(H2,26,27,29,31). The number of amides is 2. The highest BCUT2D eigenvalue weighted by molar-refractivity contribution is 7.80. The second kappa shape index (κ2) is 12.7. The fourth-order valence-corrected chi connectivity index (χ4v) is 3.08. The summed E-state index contributed by atoms with van der Waals surface area (Å²) in [5.74, 6) is 0.490. The average molecular weight is 442 g/mol. The van der Waals surface area contributed by atoms with Gasteiger partial charge in [0.25, 0.3) is 5.91 Å². The molecule has 0 radical (unpaired) electrons. The Morgan fingerprint density at radius 1 is 0.968 bits per heavy atom. The molecule has 0 bridgehead atoms. The van der Waals surface area contributed by atoms with Crippen LogP contribution in [-0.4, -0.2) is 23.5 Å². The number of para-hydroxylation sites is 1. The van der Waals surface area contributed by atoms with Crippen LogP contribution in [0, 0.1) is 5.92 Å². The number of hydrogen-bond acceptors (Lipinski definition) is 4. The number of anilines is 2. The van der Waals surface area contributed by atoms with E-state index in [9.17, 15) is 9.59 Å². The molecule has 0 aliphatic heterocycles. The first-order valence-corrected chi connectivity index (χ1v) is 11.0. The van der Waals surface area contributed by atoms with Crippen molar-refractivity contribution in [1.29, 1.82) is 0 Å². The van der Waals surface area contributed by atoms with Gasteiger partial charge in [-0.1, -0.05) is 45.7 Å². The Labute approximate surface area is 189 Å². The van der Waals surface area contributed by atoms with Crippen LogP contribution < -0.4 is 20.7 Å². The number of thiocarbonyl (C=S) groups is 1. The van der Waals surface area contributed by atoms with Crippen molar-refractivity contribution in [3.8, 4) is 5.75 Å². The molecule has 2 rings (SSSR count). The summed E-state index contributed by atoms with van der Waals surface area (Å²) in [5.41, 5.74) is 1.85. The third-order valence-corrected chi connectivity index (χ3v) is 4.59. The van der Waals surface area contributed by atoms with Crippen molar-refractivity contribution < 1.29 is 14.3 Å². The first-order valence-electron chi connectivity index (χ1n) is 10.6. The molecule has 0 saturated heterocycles. The molecule has 0 atom stereocenters. The lowest BCUT2D eigenvalue weighted by molar-refractivity contribution is -0.116. The van der Waals surface area contributed by atoms with Crippen molar-refractivity contribution in [2.45, 2.75) is 46.5 Å². The average Bonchev–Trinajstić information content (AvgIpc) is 2.72. The number of carbonyl (C=O) groups excluding carboxylic acids is 2. The van der Waals surface area contributed by atoms with Crippen molar-refractivity contribution >= 4 is 40.5 Å². The molecule has 0 unspecified atom stereocenters. The molecular formula is C24H31N3O3S. The zero-order valence-corrected chi connectivity index (χ0v) is 19.2. The number of nitrogens with one attached hydrogen (secondary N) is 3. The van der Waals surface area contributed by atoms with Crippen LogP contribution in [0.15, 0.2) is 48.5 Å². The highest BCUT2D eigenvalue weighted by Gasteiger charge is 2.14. The van der Waals surface area contributed by atoms with E-state index in [0.29, 0.717) is 41.6 Å². The van der Waals surface area contributed by atoms with Gasteiger partial charge in [0.1, 0.15) is 5.75 Å². The van der Waals surface area contributed by atoms with Crippen LogP contribution in [0.1, 0.15) is 56.8 Å². The number of hydrogen-bond donors (Lipinski definition) is 3. The third kappa shape index (κ3) is 8.76. The van der Waals surface area contributed by atoms with Gasteiger partial charge in [0, 0.05) is 17.8 Å². The first-order chi connectivity index (χ1) is 14.9. The number of benzene rings is 2. The minimum atomic E-state index is -0.332. The van der Waals surface area contributed by atoms with Gasteiger partial charge in [-0.15, -0.1) is 0 Å².